The molecule has 0 saturated heterocycles. The van der Waals surface area contributed by atoms with Crippen LogP contribution in [-0.2, 0) is 17.6 Å². The van der Waals surface area contributed by atoms with E-state index in [-0.39, 0.29) is 18.1 Å². The zero-order valence-corrected chi connectivity index (χ0v) is 16.1. The molecule has 1 aromatic heterocycles. The zero-order valence-electron chi connectivity index (χ0n) is 16.1. The Kier molecular flexibility index (Phi) is 6.06. The van der Waals surface area contributed by atoms with E-state index in [0.29, 0.717) is 13.0 Å². The molecular formula is C22H21F3N2O2. The van der Waals surface area contributed by atoms with Gasteiger partial charge >= 0.3 is 6.36 Å². The predicted octanol–water partition coefficient (Wildman–Crippen LogP) is 4.65. The van der Waals surface area contributed by atoms with Gasteiger partial charge in [-0.25, -0.2) is 0 Å². The summed E-state index contributed by atoms with van der Waals surface area (Å²) in [7, 11) is 0. The highest BCUT2D eigenvalue weighted by Gasteiger charge is 2.30. The number of halogens is 3. The van der Waals surface area contributed by atoms with Crippen molar-refractivity contribution in [2.45, 2.75) is 33.1 Å². The third-order valence-corrected chi connectivity index (χ3v) is 4.72. The number of rotatable bonds is 6. The van der Waals surface area contributed by atoms with Crippen LogP contribution in [0.1, 0.15) is 22.4 Å². The van der Waals surface area contributed by atoms with Crippen LogP contribution in [0.3, 0.4) is 0 Å². The molecule has 7 heteroatoms. The monoisotopic (exact) mass is 402 g/mol. The topological polar surface area (TPSA) is 51.2 Å². The van der Waals surface area contributed by atoms with E-state index in [0.717, 1.165) is 33.3 Å². The van der Waals surface area contributed by atoms with Gasteiger partial charge in [0.25, 0.3) is 0 Å². The van der Waals surface area contributed by atoms with Crippen molar-refractivity contribution in [3.8, 4) is 5.75 Å². The molecule has 0 aliphatic heterocycles. The Hall–Kier alpha value is -3.09. The predicted molar refractivity (Wildman–Crippen MR) is 105 cm³/mol. The van der Waals surface area contributed by atoms with Crippen molar-refractivity contribution in [1.29, 1.82) is 0 Å². The largest absolute Gasteiger partial charge is 0.573 e. The maximum absolute atomic E-state index is 12.4. The molecule has 1 N–H and O–H groups in total. The van der Waals surface area contributed by atoms with Crippen LogP contribution in [0.25, 0.3) is 10.9 Å². The van der Waals surface area contributed by atoms with Gasteiger partial charge < -0.3 is 10.1 Å². The van der Waals surface area contributed by atoms with E-state index in [4.69, 9.17) is 0 Å². The maximum atomic E-state index is 12.4. The molecule has 0 aliphatic carbocycles. The van der Waals surface area contributed by atoms with Crippen molar-refractivity contribution in [2.75, 3.05) is 6.54 Å². The van der Waals surface area contributed by atoms with E-state index in [1.165, 1.54) is 12.1 Å². The summed E-state index contributed by atoms with van der Waals surface area (Å²) >= 11 is 0. The highest BCUT2D eigenvalue weighted by atomic mass is 19.4. The number of ether oxygens (including phenoxy) is 1. The summed E-state index contributed by atoms with van der Waals surface area (Å²) in [5.74, 6) is -0.384. The van der Waals surface area contributed by atoms with Crippen LogP contribution in [0.2, 0.25) is 0 Å². The van der Waals surface area contributed by atoms with E-state index in [9.17, 15) is 18.0 Å². The molecule has 0 bridgehead atoms. The number of nitrogens with one attached hydrogen (secondary N) is 1. The van der Waals surface area contributed by atoms with Gasteiger partial charge in [-0.15, -0.1) is 13.2 Å². The molecule has 0 fully saturated rings. The van der Waals surface area contributed by atoms with Gasteiger partial charge in [-0.3, -0.25) is 9.78 Å². The third-order valence-electron chi connectivity index (χ3n) is 4.72. The molecule has 0 unspecified atom stereocenters. The average molecular weight is 402 g/mol. The number of fused-ring (bicyclic) bond motifs is 1. The van der Waals surface area contributed by atoms with E-state index in [2.05, 4.69) is 15.0 Å². The van der Waals surface area contributed by atoms with Crippen molar-refractivity contribution >= 4 is 16.8 Å². The lowest BCUT2D eigenvalue weighted by Gasteiger charge is -2.13. The fraction of sp³-hybridized carbons (Fsp3) is 0.273. The molecule has 4 nitrogen and oxygen atoms in total. The van der Waals surface area contributed by atoms with Crippen molar-refractivity contribution in [2.24, 2.45) is 0 Å². The molecule has 3 aromatic rings. The average Bonchev–Trinajstić information content (AvgIpc) is 2.65. The number of benzene rings is 2. The first-order valence-electron chi connectivity index (χ1n) is 9.19. The number of para-hydroxylation sites is 1. The number of amides is 1. The lowest BCUT2D eigenvalue weighted by molar-refractivity contribution is -0.274. The number of alkyl halides is 3. The lowest BCUT2D eigenvalue weighted by Crippen LogP contribution is -2.28. The lowest BCUT2D eigenvalue weighted by atomic mass is 9.99. The smallest absolute Gasteiger partial charge is 0.406 e. The second kappa shape index (κ2) is 8.51. The minimum absolute atomic E-state index is 0.120. The normalized spacial score (nSPS) is 11.5. The highest BCUT2D eigenvalue weighted by molar-refractivity contribution is 5.86. The Morgan fingerprint density at radius 2 is 1.76 bits per heavy atom. The number of pyridine rings is 1. The Bertz CT molecular complexity index is 1010. The van der Waals surface area contributed by atoms with E-state index in [1.54, 1.807) is 12.1 Å². The van der Waals surface area contributed by atoms with Crippen molar-refractivity contribution in [3.63, 3.8) is 0 Å². The number of nitrogens with zero attached hydrogens (tertiary/aromatic N) is 1. The van der Waals surface area contributed by atoms with E-state index >= 15 is 0 Å². The molecule has 29 heavy (non-hydrogen) atoms. The van der Waals surface area contributed by atoms with Gasteiger partial charge in [-0.05, 0) is 55.2 Å². The van der Waals surface area contributed by atoms with Gasteiger partial charge in [-0.2, -0.15) is 0 Å². The SMILES string of the molecule is Cc1nc2ccccc2c(C)c1CC(=O)NCCc1ccc(OC(F)(F)F)cc1. The molecule has 3 rings (SSSR count). The van der Waals surface area contributed by atoms with Gasteiger partial charge in [0.1, 0.15) is 5.75 Å². The first kappa shape index (κ1) is 20.6. The minimum Gasteiger partial charge on any atom is -0.406 e. The van der Waals surface area contributed by atoms with Gasteiger partial charge in [0.05, 0.1) is 11.9 Å². The van der Waals surface area contributed by atoms with Crippen LogP contribution in [0.4, 0.5) is 13.2 Å². The molecular weight excluding hydrogens is 381 g/mol. The fourth-order valence-electron chi connectivity index (χ4n) is 3.26. The van der Waals surface area contributed by atoms with Crippen LogP contribution in [-0.4, -0.2) is 23.8 Å². The molecule has 1 amide bonds. The molecule has 152 valence electrons. The van der Waals surface area contributed by atoms with Gasteiger partial charge in [0.15, 0.2) is 0 Å². The summed E-state index contributed by atoms with van der Waals surface area (Å²) in [6.45, 7) is 4.27. The summed E-state index contributed by atoms with van der Waals surface area (Å²) in [4.78, 5) is 16.9. The Morgan fingerprint density at radius 1 is 1.07 bits per heavy atom. The highest BCUT2D eigenvalue weighted by Crippen LogP contribution is 2.24. The van der Waals surface area contributed by atoms with Crippen LogP contribution in [0.5, 0.6) is 5.75 Å². The Balaban J connectivity index is 1.56. The Labute approximate surface area is 166 Å². The molecule has 0 spiro atoms. The summed E-state index contributed by atoms with van der Waals surface area (Å²) in [6, 6.07) is 13.4. The number of hydrogen-bond donors (Lipinski definition) is 1. The zero-order chi connectivity index (χ0) is 21.0. The van der Waals surface area contributed by atoms with Crippen LogP contribution in [0, 0.1) is 13.8 Å². The first-order valence-corrected chi connectivity index (χ1v) is 9.19. The van der Waals surface area contributed by atoms with Crippen molar-refractivity contribution in [3.05, 3.63) is 70.9 Å². The number of hydrogen-bond acceptors (Lipinski definition) is 3. The van der Waals surface area contributed by atoms with Crippen LogP contribution >= 0.6 is 0 Å². The summed E-state index contributed by atoms with van der Waals surface area (Å²) < 4.78 is 40.4. The molecule has 0 saturated carbocycles. The first-order chi connectivity index (χ1) is 13.7. The summed E-state index contributed by atoms with van der Waals surface area (Å²) in [5, 5.41) is 3.89. The molecule has 0 aliphatic rings. The number of aromatic nitrogens is 1. The third kappa shape index (κ3) is 5.47. The number of carbonyl (C=O) groups excluding carboxylic acids is 1. The minimum atomic E-state index is -4.70. The number of carbonyl (C=O) groups is 1. The van der Waals surface area contributed by atoms with Gasteiger partial charge in [0, 0.05) is 17.6 Å². The fourth-order valence-corrected chi connectivity index (χ4v) is 3.26. The molecule has 2 aromatic carbocycles. The summed E-state index contributed by atoms with van der Waals surface area (Å²) in [6.07, 6.45) is -3.97. The summed E-state index contributed by atoms with van der Waals surface area (Å²) in [5.41, 5.74) is 4.50. The van der Waals surface area contributed by atoms with Gasteiger partial charge in [-0.1, -0.05) is 30.3 Å². The number of aryl methyl sites for hydroxylation is 2. The van der Waals surface area contributed by atoms with Crippen molar-refractivity contribution < 1.29 is 22.7 Å². The standard InChI is InChI=1S/C22H21F3N2O2/c1-14-18-5-3-4-6-20(18)27-15(2)19(14)13-21(28)26-12-11-16-7-9-17(10-8-16)29-22(23,24)25/h3-10H,11-13H2,1-2H3,(H,26,28). The maximum Gasteiger partial charge on any atom is 0.573 e. The van der Waals surface area contributed by atoms with Crippen LogP contribution in [0.15, 0.2) is 48.5 Å². The molecule has 0 atom stereocenters. The quantitative estimate of drug-likeness (QED) is 0.653. The second-order valence-corrected chi connectivity index (χ2v) is 6.79. The van der Waals surface area contributed by atoms with E-state index < -0.39 is 6.36 Å². The molecule has 1 heterocycles. The molecule has 0 radical (unpaired) electrons. The second-order valence-electron chi connectivity index (χ2n) is 6.79. The van der Waals surface area contributed by atoms with Crippen molar-refractivity contribution in [1.82, 2.24) is 10.3 Å². The van der Waals surface area contributed by atoms with E-state index in [1.807, 2.05) is 38.1 Å². The van der Waals surface area contributed by atoms with Crippen LogP contribution < -0.4 is 10.1 Å². The Morgan fingerprint density at radius 3 is 2.45 bits per heavy atom. The van der Waals surface area contributed by atoms with Gasteiger partial charge in [0.2, 0.25) is 5.91 Å².